The Morgan fingerprint density at radius 2 is 1.93 bits per heavy atom. The van der Waals surface area contributed by atoms with Crippen molar-refractivity contribution in [1.82, 2.24) is 4.57 Å². The molecule has 1 aromatic heterocycles. The summed E-state index contributed by atoms with van der Waals surface area (Å²) in [5.41, 5.74) is 11.0. The third kappa shape index (κ3) is 3.20. The fourth-order valence-corrected chi connectivity index (χ4v) is 4.04. The van der Waals surface area contributed by atoms with Crippen LogP contribution in [0, 0.1) is 6.92 Å². The molecule has 2 aromatic carbocycles. The molecular weight excluding hydrogens is 368 g/mol. The molecule has 1 aliphatic rings. The number of aromatic nitrogens is 1. The molecule has 0 spiro atoms. The van der Waals surface area contributed by atoms with E-state index in [9.17, 15) is 4.79 Å². The zero-order chi connectivity index (χ0) is 20.5. The average Bonchev–Trinajstić information content (AvgIpc) is 3.30. The molecular formula is C23H24N2O4. The number of carbonyl (C=O) groups excluding carboxylic acids is 1. The highest BCUT2D eigenvalue weighted by atomic mass is 16.7. The van der Waals surface area contributed by atoms with Crippen molar-refractivity contribution in [2.24, 2.45) is 5.73 Å². The van der Waals surface area contributed by atoms with Crippen LogP contribution >= 0.6 is 0 Å². The molecule has 6 nitrogen and oxygen atoms in total. The summed E-state index contributed by atoms with van der Waals surface area (Å²) in [5, 5.41) is 0. The topological polar surface area (TPSA) is 75.7 Å². The second kappa shape index (κ2) is 7.54. The predicted octanol–water partition coefficient (Wildman–Crippen LogP) is 3.91. The quantitative estimate of drug-likeness (QED) is 0.690. The SMILES string of the molecule is CCc1c(-c2ccccc2OC)c(C(N)=O)c(C)n1Cc1ccc2c(c1)OCO2. The molecule has 0 fully saturated rings. The molecule has 0 unspecified atom stereocenters. The van der Waals surface area contributed by atoms with E-state index in [0.29, 0.717) is 17.9 Å². The van der Waals surface area contributed by atoms with Crippen molar-refractivity contribution in [3.8, 4) is 28.4 Å². The van der Waals surface area contributed by atoms with Gasteiger partial charge < -0.3 is 24.5 Å². The van der Waals surface area contributed by atoms with E-state index < -0.39 is 5.91 Å². The lowest BCUT2D eigenvalue weighted by Gasteiger charge is -2.14. The van der Waals surface area contributed by atoms with E-state index in [0.717, 1.165) is 46.0 Å². The van der Waals surface area contributed by atoms with Gasteiger partial charge in [0.2, 0.25) is 6.79 Å². The van der Waals surface area contributed by atoms with E-state index >= 15 is 0 Å². The highest BCUT2D eigenvalue weighted by molar-refractivity contribution is 6.03. The van der Waals surface area contributed by atoms with Gasteiger partial charge in [0.15, 0.2) is 11.5 Å². The summed E-state index contributed by atoms with van der Waals surface area (Å²) in [6.07, 6.45) is 0.742. The van der Waals surface area contributed by atoms with Crippen LogP contribution in [0.1, 0.15) is 34.2 Å². The summed E-state index contributed by atoms with van der Waals surface area (Å²) < 4.78 is 18.6. The van der Waals surface area contributed by atoms with Gasteiger partial charge in [0.25, 0.3) is 5.91 Å². The van der Waals surface area contributed by atoms with Gasteiger partial charge in [-0.2, -0.15) is 0 Å². The highest BCUT2D eigenvalue weighted by Gasteiger charge is 2.26. The van der Waals surface area contributed by atoms with Gasteiger partial charge in [-0.3, -0.25) is 4.79 Å². The van der Waals surface area contributed by atoms with Crippen molar-refractivity contribution >= 4 is 5.91 Å². The maximum Gasteiger partial charge on any atom is 0.251 e. The summed E-state index contributed by atoms with van der Waals surface area (Å²) in [4.78, 5) is 12.4. The minimum atomic E-state index is -0.442. The fraction of sp³-hybridized carbons (Fsp3) is 0.261. The number of benzene rings is 2. The largest absolute Gasteiger partial charge is 0.496 e. The second-order valence-electron chi connectivity index (χ2n) is 6.97. The molecule has 0 aliphatic carbocycles. The molecule has 29 heavy (non-hydrogen) atoms. The lowest BCUT2D eigenvalue weighted by atomic mass is 9.98. The maximum absolute atomic E-state index is 12.4. The number of rotatable bonds is 6. The molecule has 0 radical (unpaired) electrons. The van der Waals surface area contributed by atoms with Crippen LogP contribution in [0.2, 0.25) is 0 Å². The molecule has 150 valence electrons. The third-order valence-corrected chi connectivity index (χ3v) is 5.37. The number of ether oxygens (including phenoxy) is 3. The maximum atomic E-state index is 12.4. The minimum Gasteiger partial charge on any atom is -0.496 e. The van der Waals surface area contributed by atoms with Crippen LogP contribution < -0.4 is 19.9 Å². The Bertz CT molecular complexity index is 1080. The van der Waals surface area contributed by atoms with Crippen molar-refractivity contribution in [3.63, 3.8) is 0 Å². The van der Waals surface area contributed by atoms with Crippen molar-refractivity contribution in [1.29, 1.82) is 0 Å². The van der Waals surface area contributed by atoms with Gasteiger partial charge >= 0.3 is 0 Å². The number of nitrogens with zero attached hydrogens (tertiary/aromatic N) is 1. The van der Waals surface area contributed by atoms with E-state index in [-0.39, 0.29) is 6.79 Å². The van der Waals surface area contributed by atoms with E-state index in [4.69, 9.17) is 19.9 Å². The van der Waals surface area contributed by atoms with Gasteiger partial charge in [-0.15, -0.1) is 0 Å². The molecule has 0 saturated heterocycles. The molecule has 1 amide bonds. The van der Waals surface area contributed by atoms with E-state index in [2.05, 4.69) is 11.5 Å². The number of para-hydroxylation sites is 1. The highest BCUT2D eigenvalue weighted by Crippen LogP contribution is 2.39. The molecule has 6 heteroatoms. The summed E-state index contributed by atoms with van der Waals surface area (Å²) in [6.45, 7) is 4.85. The molecule has 2 N–H and O–H groups in total. The standard InChI is InChI=1S/C23H24N2O4/c1-4-17-22(16-7-5-6-8-18(16)27-3)21(23(24)26)14(2)25(17)12-15-9-10-19-20(11-15)29-13-28-19/h5-11H,4,12-13H2,1-3H3,(H2,24,26). The number of fused-ring (bicyclic) bond motifs is 1. The third-order valence-electron chi connectivity index (χ3n) is 5.37. The van der Waals surface area contributed by atoms with E-state index in [1.165, 1.54) is 0 Å². The number of amides is 1. The Labute approximate surface area is 169 Å². The van der Waals surface area contributed by atoms with Crippen LogP contribution in [0.5, 0.6) is 17.2 Å². The number of nitrogens with two attached hydrogens (primary N) is 1. The summed E-state index contributed by atoms with van der Waals surface area (Å²) >= 11 is 0. The number of primary amides is 1. The first kappa shape index (κ1) is 18.9. The molecule has 0 atom stereocenters. The Morgan fingerprint density at radius 3 is 2.66 bits per heavy atom. The molecule has 2 heterocycles. The number of hydrogen-bond donors (Lipinski definition) is 1. The normalized spacial score (nSPS) is 12.2. The number of carbonyl (C=O) groups is 1. The van der Waals surface area contributed by atoms with Crippen molar-refractivity contribution < 1.29 is 19.0 Å². The van der Waals surface area contributed by atoms with Gasteiger partial charge in [-0.1, -0.05) is 31.2 Å². The van der Waals surface area contributed by atoms with Gasteiger partial charge in [-0.25, -0.2) is 0 Å². The smallest absolute Gasteiger partial charge is 0.251 e. The van der Waals surface area contributed by atoms with Crippen LogP contribution in [0.25, 0.3) is 11.1 Å². The lowest BCUT2D eigenvalue weighted by molar-refractivity contribution is 0.1000. The zero-order valence-corrected chi connectivity index (χ0v) is 16.8. The molecule has 3 aromatic rings. The Morgan fingerprint density at radius 1 is 1.17 bits per heavy atom. The summed E-state index contributed by atoms with van der Waals surface area (Å²) in [7, 11) is 1.63. The van der Waals surface area contributed by atoms with Crippen LogP contribution in [0.4, 0.5) is 0 Å². The first-order valence-electron chi connectivity index (χ1n) is 9.58. The first-order chi connectivity index (χ1) is 14.0. The van der Waals surface area contributed by atoms with Crippen molar-refractivity contribution in [2.45, 2.75) is 26.8 Å². The van der Waals surface area contributed by atoms with Crippen LogP contribution in [-0.4, -0.2) is 24.4 Å². The molecule has 1 aliphatic heterocycles. The van der Waals surface area contributed by atoms with Crippen LogP contribution in [-0.2, 0) is 13.0 Å². The monoisotopic (exact) mass is 392 g/mol. The van der Waals surface area contributed by atoms with Crippen LogP contribution in [0.15, 0.2) is 42.5 Å². The summed E-state index contributed by atoms with van der Waals surface area (Å²) in [6, 6.07) is 13.6. The van der Waals surface area contributed by atoms with E-state index in [1.807, 2.05) is 49.4 Å². The first-order valence-corrected chi connectivity index (χ1v) is 9.58. The molecule has 0 saturated carbocycles. The Hall–Kier alpha value is -3.41. The van der Waals surface area contributed by atoms with Gasteiger partial charge in [0.1, 0.15) is 5.75 Å². The zero-order valence-electron chi connectivity index (χ0n) is 16.8. The molecule has 4 rings (SSSR count). The predicted molar refractivity (Wildman–Crippen MR) is 111 cm³/mol. The average molecular weight is 392 g/mol. The van der Waals surface area contributed by atoms with Crippen LogP contribution in [0.3, 0.4) is 0 Å². The number of methoxy groups -OCH3 is 1. The number of hydrogen-bond acceptors (Lipinski definition) is 4. The summed E-state index contributed by atoms with van der Waals surface area (Å²) in [5.74, 6) is 1.76. The van der Waals surface area contributed by atoms with E-state index in [1.54, 1.807) is 7.11 Å². The lowest BCUT2D eigenvalue weighted by Crippen LogP contribution is -2.13. The van der Waals surface area contributed by atoms with Gasteiger partial charge in [0, 0.05) is 29.1 Å². The van der Waals surface area contributed by atoms with Gasteiger partial charge in [0.05, 0.1) is 12.7 Å². The fourth-order valence-electron chi connectivity index (χ4n) is 4.04. The molecule has 0 bridgehead atoms. The second-order valence-corrected chi connectivity index (χ2v) is 6.97. The minimum absolute atomic E-state index is 0.241. The van der Waals surface area contributed by atoms with Crippen molar-refractivity contribution in [3.05, 3.63) is 65.0 Å². The Balaban J connectivity index is 1.88. The van der Waals surface area contributed by atoms with Gasteiger partial charge in [-0.05, 0) is 37.1 Å². The Kier molecular flexibility index (Phi) is 4.92. The van der Waals surface area contributed by atoms with Crippen molar-refractivity contribution in [2.75, 3.05) is 13.9 Å².